The highest BCUT2D eigenvalue weighted by molar-refractivity contribution is 5.07. The monoisotopic (exact) mass is 234 g/mol. The van der Waals surface area contributed by atoms with E-state index >= 15 is 0 Å². The van der Waals surface area contributed by atoms with Gasteiger partial charge < -0.3 is 5.32 Å². The smallest absolute Gasteiger partial charge is 0.130 e. The minimum atomic E-state index is 0.405. The third-order valence-corrected chi connectivity index (χ3v) is 3.27. The summed E-state index contributed by atoms with van der Waals surface area (Å²) < 4.78 is 0. The Bertz CT molecular complexity index is 347. The topological polar surface area (TPSA) is 41.1 Å². The number of aromatic nitrogens is 2. The quantitative estimate of drug-likeness (QED) is 0.858. The van der Waals surface area contributed by atoms with Crippen molar-refractivity contribution in [1.82, 2.24) is 20.2 Å². The molecule has 1 aliphatic rings. The van der Waals surface area contributed by atoms with Crippen LogP contribution in [0.15, 0.2) is 12.4 Å². The molecule has 1 aliphatic heterocycles. The molecule has 4 nitrogen and oxygen atoms in total. The lowest BCUT2D eigenvalue weighted by Crippen LogP contribution is -2.49. The van der Waals surface area contributed by atoms with E-state index in [-0.39, 0.29) is 0 Å². The normalized spacial score (nSPS) is 22.0. The molecule has 0 radical (unpaired) electrons. The van der Waals surface area contributed by atoms with E-state index in [0.717, 1.165) is 32.0 Å². The van der Waals surface area contributed by atoms with Crippen molar-refractivity contribution < 1.29 is 0 Å². The van der Waals surface area contributed by atoms with E-state index in [0.29, 0.717) is 12.0 Å². The zero-order valence-electron chi connectivity index (χ0n) is 11.0. The van der Waals surface area contributed by atoms with Gasteiger partial charge in [0.15, 0.2) is 0 Å². The van der Waals surface area contributed by atoms with Crippen molar-refractivity contribution in [2.45, 2.75) is 39.3 Å². The molecule has 1 aromatic rings. The molecule has 1 aromatic heterocycles. The van der Waals surface area contributed by atoms with E-state index in [9.17, 15) is 0 Å². The van der Waals surface area contributed by atoms with Crippen molar-refractivity contribution in [2.75, 3.05) is 19.6 Å². The number of nitrogens with one attached hydrogen (secondary N) is 1. The lowest BCUT2D eigenvalue weighted by Gasteiger charge is -2.33. The van der Waals surface area contributed by atoms with E-state index in [1.807, 2.05) is 12.4 Å². The van der Waals surface area contributed by atoms with Gasteiger partial charge in [0, 0.05) is 56.1 Å². The lowest BCUT2D eigenvalue weighted by molar-refractivity contribution is 0.165. The zero-order chi connectivity index (χ0) is 12.3. The molecule has 2 rings (SSSR count). The van der Waals surface area contributed by atoms with Gasteiger partial charge in [0.25, 0.3) is 0 Å². The van der Waals surface area contributed by atoms with Gasteiger partial charge >= 0.3 is 0 Å². The Kier molecular flexibility index (Phi) is 4.07. The fourth-order valence-electron chi connectivity index (χ4n) is 2.10. The Morgan fingerprint density at radius 3 is 2.71 bits per heavy atom. The van der Waals surface area contributed by atoms with Crippen molar-refractivity contribution >= 4 is 0 Å². The fraction of sp³-hybridized carbons (Fsp3) is 0.692. The summed E-state index contributed by atoms with van der Waals surface area (Å²) in [5.74, 6) is 1.34. The van der Waals surface area contributed by atoms with Crippen LogP contribution in [-0.4, -0.2) is 40.5 Å². The highest BCUT2D eigenvalue weighted by Crippen LogP contribution is 2.11. The maximum Gasteiger partial charge on any atom is 0.130 e. The molecule has 1 atom stereocenters. The molecular weight excluding hydrogens is 212 g/mol. The molecule has 17 heavy (non-hydrogen) atoms. The van der Waals surface area contributed by atoms with E-state index in [1.54, 1.807) is 0 Å². The van der Waals surface area contributed by atoms with Crippen molar-refractivity contribution in [2.24, 2.45) is 0 Å². The van der Waals surface area contributed by atoms with Crippen LogP contribution in [0.2, 0.25) is 0 Å². The van der Waals surface area contributed by atoms with Gasteiger partial charge in [0.2, 0.25) is 0 Å². The summed E-state index contributed by atoms with van der Waals surface area (Å²) in [6, 6.07) is 0.591. The molecule has 1 unspecified atom stereocenters. The number of hydrogen-bond donors (Lipinski definition) is 1. The molecule has 1 N–H and O–H groups in total. The van der Waals surface area contributed by atoms with Gasteiger partial charge in [-0.3, -0.25) is 4.90 Å². The average molecular weight is 234 g/mol. The third-order valence-electron chi connectivity index (χ3n) is 3.27. The summed E-state index contributed by atoms with van der Waals surface area (Å²) in [7, 11) is 0. The van der Waals surface area contributed by atoms with Gasteiger partial charge in [-0.2, -0.15) is 0 Å². The largest absolute Gasteiger partial charge is 0.314 e. The van der Waals surface area contributed by atoms with Gasteiger partial charge in [-0.25, -0.2) is 9.97 Å². The second kappa shape index (κ2) is 5.56. The number of nitrogens with zero attached hydrogens (tertiary/aromatic N) is 3. The lowest BCUT2D eigenvalue weighted by atomic mass is 10.2. The summed E-state index contributed by atoms with van der Waals surface area (Å²) >= 11 is 0. The van der Waals surface area contributed by atoms with Crippen LogP contribution in [0.3, 0.4) is 0 Å². The maximum atomic E-state index is 4.42. The molecule has 0 aliphatic carbocycles. The maximum absolute atomic E-state index is 4.42. The fourth-order valence-corrected chi connectivity index (χ4v) is 2.10. The van der Waals surface area contributed by atoms with Crippen molar-refractivity contribution in [3.63, 3.8) is 0 Å². The van der Waals surface area contributed by atoms with E-state index in [1.165, 1.54) is 5.56 Å². The van der Waals surface area contributed by atoms with E-state index < -0.39 is 0 Å². The van der Waals surface area contributed by atoms with Gasteiger partial charge in [-0.05, 0) is 6.92 Å². The molecule has 0 aromatic carbocycles. The average Bonchev–Trinajstić information content (AvgIpc) is 2.33. The zero-order valence-corrected chi connectivity index (χ0v) is 11.0. The van der Waals surface area contributed by atoms with Gasteiger partial charge in [-0.1, -0.05) is 13.8 Å². The molecule has 94 valence electrons. The molecule has 0 bridgehead atoms. The Labute approximate surface area is 103 Å². The van der Waals surface area contributed by atoms with Crippen molar-refractivity contribution in [3.8, 4) is 0 Å². The van der Waals surface area contributed by atoms with Crippen molar-refractivity contribution in [3.05, 3.63) is 23.8 Å². The van der Waals surface area contributed by atoms with E-state index in [4.69, 9.17) is 0 Å². The molecule has 2 heterocycles. The standard InChI is InChI=1S/C13H22N4/c1-10(2)13-15-7-12(8-16-13)9-17-5-4-14-6-11(17)3/h7-8,10-11,14H,4-6,9H2,1-3H3. The van der Waals surface area contributed by atoms with Crippen LogP contribution in [0, 0.1) is 0 Å². The first-order chi connectivity index (χ1) is 8.16. The Balaban J connectivity index is 1.98. The third kappa shape index (κ3) is 3.23. The van der Waals surface area contributed by atoms with Gasteiger partial charge in [-0.15, -0.1) is 0 Å². The Hall–Kier alpha value is -1.00. The summed E-state index contributed by atoms with van der Waals surface area (Å²) in [4.78, 5) is 11.3. The minimum Gasteiger partial charge on any atom is -0.314 e. The Morgan fingerprint density at radius 1 is 1.41 bits per heavy atom. The molecule has 0 saturated carbocycles. The molecule has 4 heteroatoms. The molecule has 1 saturated heterocycles. The number of rotatable bonds is 3. The minimum absolute atomic E-state index is 0.405. The second-order valence-electron chi connectivity index (χ2n) is 5.13. The molecule has 0 spiro atoms. The summed E-state index contributed by atoms with van der Waals surface area (Å²) in [6.07, 6.45) is 3.94. The number of piperazine rings is 1. The van der Waals surface area contributed by atoms with Gasteiger partial charge in [0.1, 0.15) is 5.82 Å². The van der Waals surface area contributed by atoms with Gasteiger partial charge in [0.05, 0.1) is 0 Å². The molecule has 1 fully saturated rings. The first-order valence-electron chi connectivity index (χ1n) is 6.42. The van der Waals surface area contributed by atoms with Crippen LogP contribution in [0.1, 0.15) is 38.1 Å². The highest BCUT2D eigenvalue weighted by atomic mass is 15.2. The van der Waals surface area contributed by atoms with Crippen LogP contribution in [0.4, 0.5) is 0 Å². The predicted molar refractivity (Wildman–Crippen MR) is 68.9 cm³/mol. The predicted octanol–water partition coefficient (Wildman–Crippen LogP) is 1.39. The van der Waals surface area contributed by atoms with Crippen LogP contribution in [0.25, 0.3) is 0 Å². The molecule has 0 amide bonds. The summed E-state index contributed by atoms with van der Waals surface area (Å²) in [6.45, 7) is 10.7. The molecular formula is C13H22N4. The van der Waals surface area contributed by atoms with Crippen LogP contribution >= 0.6 is 0 Å². The van der Waals surface area contributed by atoms with Crippen LogP contribution < -0.4 is 5.32 Å². The summed E-state index contributed by atoms with van der Waals surface area (Å²) in [5, 5.41) is 3.40. The second-order valence-corrected chi connectivity index (χ2v) is 5.13. The highest BCUT2D eigenvalue weighted by Gasteiger charge is 2.17. The first-order valence-corrected chi connectivity index (χ1v) is 6.42. The van der Waals surface area contributed by atoms with Crippen molar-refractivity contribution in [1.29, 1.82) is 0 Å². The SMILES string of the molecule is CC(C)c1ncc(CN2CCNCC2C)cn1. The van der Waals surface area contributed by atoms with Crippen LogP contribution in [0.5, 0.6) is 0 Å². The summed E-state index contributed by atoms with van der Waals surface area (Å²) in [5.41, 5.74) is 1.21. The Morgan fingerprint density at radius 2 is 2.12 bits per heavy atom. The van der Waals surface area contributed by atoms with Crippen LogP contribution in [-0.2, 0) is 6.54 Å². The first kappa shape index (κ1) is 12.5. The number of hydrogen-bond acceptors (Lipinski definition) is 4. The van der Waals surface area contributed by atoms with E-state index in [2.05, 4.69) is 41.0 Å².